The Morgan fingerprint density at radius 1 is 1.35 bits per heavy atom. The Kier molecular flexibility index (Phi) is 9.44. The van der Waals surface area contributed by atoms with Gasteiger partial charge in [0.2, 0.25) is 17.7 Å². The molecule has 2 aliphatic rings. The number of carbonyl (C=O) groups excluding carboxylic acids is 3. The first-order valence-electron chi connectivity index (χ1n) is 10.4. The normalized spacial score (nSPS) is 23.0. The number of aliphatic hydroxyl groups is 1. The van der Waals surface area contributed by atoms with Crippen molar-refractivity contribution in [2.45, 2.75) is 50.7 Å². The van der Waals surface area contributed by atoms with Crippen molar-refractivity contribution in [2.24, 2.45) is 13.0 Å². The number of nitrogens with one attached hydrogen (secondary N) is 2. The molecule has 4 N–H and O–H groups in total. The fraction of sp³-hybridized carbons (Fsp3) is 0.650. The lowest BCUT2D eigenvalue weighted by atomic mass is 9.83. The van der Waals surface area contributed by atoms with Gasteiger partial charge in [0.05, 0.1) is 18.7 Å². The average molecular weight is 437 g/mol. The molecule has 1 aliphatic carbocycles. The third-order valence-corrected chi connectivity index (χ3v) is 5.61. The van der Waals surface area contributed by atoms with Crippen molar-refractivity contribution in [3.63, 3.8) is 0 Å². The fourth-order valence-corrected chi connectivity index (χ4v) is 3.93. The Hall–Kier alpha value is -2.95. The summed E-state index contributed by atoms with van der Waals surface area (Å²) in [6.07, 6.45) is 6.23. The van der Waals surface area contributed by atoms with Gasteiger partial charge in [0, 0.05) is 51.3 Å². The number of carboxylic acid groups (broad SMARTS) is 1. The van der Waals surface area contributed by atoms with Gasteiger partial charge in [-0.3, -0.25) is 19.2 Å². The number of rotatable bonds is 7. The van der Waals surface area contributed by atoms with Crippen LogP contribution in [0.15, 0.2) is 12.4 Å². The summed E-state index contributed by atoms with van der Waals surface area (Å²) in [5.74, 6) is 0.326. The van der Waals surface area contributed by atoms with Crippen LogP contribution in [0.2, 0.25) is 0 Å². The van der Waals surface area contributed by atoms with Crippen LogP contribution in [-0.2, 0) is 32.6 Å². The second-order valence-electron chi connectivity index (χ2n) is 7.77. The van der Waals surface area contributed by atoms with Gasteiger partial charge in [-0.1, -0.05) is 0 Å². The Labute approximate surface area is 180 Å². The molecule has 1 saturated carbocycles. The highest BCUT2D eigenvalue weighted by atomic mass is 16.3. The van der Waals surface area contributed by atoms with Gasteiger partial charge in [0.15, 0.2) is 0 Å². The number of amides is 3. The zero-order chi connectivity index (χ0) is 22.8. The lowest BCUT2D eigenvalue weighted by molar-refractivity contribution is -0.134. The van der Waals surface area contributed by atoms with Crippen molar-refractivity contribution >= 4 is 24.2 Å². The summed E-state index contributed by atoms with van der Waals surface area (Å²) >= 11 is 0. The Bertz CT molecular complexity index is 767. The molecule has 0 spiro atoms. The molecule has 172 valence electrons. The monoisotopic (exact) mass is 437 g/mol. The van der Waals surface area contributed by atoms with E-state index in [1.807, 2.05) is 17.8 Å². The minimum atomic E-state index is -0.766. The van der Waals surface area contributed by atoms with Crippen LogP contribution in [0.4, 0.5) is 0 Å². The number of hydrogen-bond donors (Lipinski definition) is 4. The number of nitrogens with zero attached hydrogens (tertiary/aromatic N) is 3. The zero-order valence-electron chi connectivity index (χ0n) is 17.7. The topological polar surface area (TPSA) is 154 Å². The van der Waals surface area contributed by atoms with E-state index in [0.717, 1.165) is 12.2 Å². The maximum Gasteiger partial charge on any atom is 0.290 e. The average Bonchev–Trinajstić information content (AvgIpc) is 3.32. The van der Waals surface area contributed by atoms with Crippen molar-refractivity contribution in [3.05, 3.63) is 18.2 Å². The summed E-state index contributed by atoms with van der Waals surface area (Å²) in [5, 5.41) is 23.0. The Morgan fingerprint density at radius 2 is 2.10 bits per heavy atom. The summed E-state index contributed by atoms with van der Waals surface area (Å²) in [5.41, 5.74) is 0. The molecule has 0 radical (unpaired) electrons. The number of likely N-dealkylation sites (tertiary alicyclic amines) is 1. The predicted molar refractivity (Wildman–Crippen MR) is 110 cm³/mol. The number of carbonyl (C=O) groups is 4. The van der Waals surface area contributed by atoms with Crippen molar-refractivity contribution in [1.29, 1.82) is 0 Å². The van der Waals surface area contributed by atoms with Crippen LogP contribution in [0, 0.1) is 5.92 Å². The fourth-order valence-electron chi connectivity index (χ4n) is 3.93. The molecule has 0 bridgehead atoms. The molecule has 11 heteroatoms. The van der Waals surface area contributed by atoms with E-state index in [4.69, 9.17) is 9.90 Å². The number of aryl methyl sites for hydroxylation is 1. The van der Waals surface area contributed by atoms with E-state index in [1.165, 1.54) is 0 Å². The van der Waals surface area contributed by atoms with Crippen LogP contribution in [0.25, 0.3) is 0 Å². The molecule has 1 aliphatic heterocycles. The van der Waals surface area contributed by atoms with Crippen molar-refractivity contribution in [2.75, 3.05) is 19.6 Å². The van der Waals surface area contributed by atoms with E-state index < -0.39 is 6.10 Å². The molecule has 1 saturated heterocycles. The molecule has 3 atom stereocenters. The van der Waals surface area contributed by atoms with Gasteiger partial charge in [0.25, 0.3) is 6.47 Å². The molecule has 2 fully saturated rings. The van der Waals surface area contributed by atoms with Gasteiger partial charge in [0.1, 0.15) is 5.82 Å². The molecular weight excluding hydrogens is 406 g/mol. The van der Waals surface area contributed by atoms with E-state index in [9.17, 15) is 19.5 Å². The minimum absolute atomic E-state index is 0.00150. The second-order valence-corrected chi connectivity index (χ2v) is 7.77. The lowest BCUT2D eigenvalue weighted by Crippen LogP contribution is -2.51. The minimum Gasteiger partial charge on any atom is -0.483 e. The van der Waals surface area contributed by atoms with Crippen LogP contribution in [0.5, 0.6) is 0 Å². The first-order valence-corrected chi connectivity index (χ1v) is 10.4. The summed E-state index contributed by atoms with van der Waals surface area (Å²) in [7, 11) is 1.91. The maximum absolute atomic E-state index is 12.4. The summed E-state index contributed by atoms with van der Waals surface area (Å²) in [4.78, 5) is 50.3. The van der Waals surface area contributed by atoms with Crippen molar-refractivity contribution in [3.8, 4) is 0 Å². The first-order chi connectivity index (χ1) is 14.8. The molecule has 11 nitrogen and oxygen atoms in total. The van der Waals surface area contributed by atoms with E-state index in [0.29, 0.717) is 45.2 Å². The highest BCUT2D eigenvalue weighted by molar-refractivity contribution is 5.86. The number of aromatic nitrogens is 2. The second kappa shape index (κ2) is 12.0. The van der Waals surface area contributed by atoms with Gasteiger partial charge in [-0.05, 0) is 25.7 Å². The molecule has 31 heavy (non-hydrogen) atoms. The lowest BCUT2D eigenvalue weighted by Gasteiger charge is -2.33. The molecule has 1 aromatic rings. The summed E-state index contributed by atoms with van der Waals surface area (Å²) < 4.78 is 1.92. The number of hydrogen-bond acceptors (Lipinski definition) is 6. The predicted octanol–water partition coefficient (Wildman–Crippen LogP) is -0.952. The van der Waals surface area contributed by atoms with Gasteiger partial charge in [-0.2, -0.15) is 0 Å². The van der Waals surface area contributed by atoms with Crippen LogP contribution in [-0.4, -0.2) is 80.6 Å². The number of imidazole rings is 1. The molecule has 2 heterocycles. The molecule has 1 aromatic heterocycles. The SMILES string of the molecule is Cn1ccnc1CCNC(=O)[C@H]1CC[C@@H](NC(=O)CN2CCCC2=O)[C@H](O)C1.O=CO. The quantitative estimate of drug-likeness (QED) is 0.401. The van der Waals surface area contributed by atoms with E-state index in [-0.39, 0.29) is 42.7 Å². The van der Waals surface area contributed by atoms with Gasteiger partial charge >= 0.3 is 0 Å². The standard InChI is InChI=1S/C19H29N5O4.CH2O2/c1-23-10-8-20-16(23)6-7-21-19(28)13-4-5-14(15(25)11-13)22-17(26)12-24-9-2-3-18(24)27;2-1-3/h8,10,13-15,25H,2-7,9,11-12H2,1H3,(H,21,28)(H,22,26);1H,(H,2,3)/t13-,14+,15+;/m0./s1. The zero-order valence-corrected chi connectivity index (χ0v) is 17.7. The largest absolute Gasteiger partial charge is 0.483 e. The van der Waals surface area contributed by atoms with Crippen molar-refractivity contribution in [1.82, 2.24) is 25.1 Å². The smallest absolute Gasteiger partial charge is 0.290 e. The maximum atomic E-state index is 12.4. The van der Waals surface area contributed by atoms with Crippen LogP contribution < -0.4 is 10.6 Å². The highest BCUT2D eigenvalue weighted by Crippen LogP contribution is 2.25. The molecule has 0 unspecified atom stereocenters. The Morgan fingerprint density at radius 3 is 2.68 bits per heavy atom. The van der Waals surface area contributed by atoms with Gasteiger partial charge < -0.3 is 30.3 Å². The number of aliphatic hydroxyl groups excluding tert-OH is 1. The van der Waals surface area contributed by atoms with Crippen LogP contribution in [0.1, 0.15) is 37.9 Å². The van der Waals surface area contributed by atoms with Crippen LogP contribution >= 0.6 is 0 Å². The third kappa shape index (κ3) is 7.35. The van der Waals surface area contributed by atoms with E-state index in [1.54, 1.807) is 11.1 Å². The molecule has 3 amide bonds. The van der Waals surface area contributed by atoms with E-state index in [2.05, 4.69) is 15.6 Å². The van der Waals surface area contributed by atoms with Gasteiger partial charge in [-0.25, -0.2) is 4.98 Å². The van der Waals surface area contributed by atoms with Gasteiger partial charge in [-0.15, -0.1) is 0 Å². The Balaban J connectivity index is 0.00000107. The third-order valence-electron chi connectivity index (χ3n) is 5.61. The molecule has 0 aromatic carbocycles. The van der Waals surface area contributed by atoms with Crippen LogP contribution in [0.3, 0.4) is 0 Å². The van der Waals surface area contributed by atoms with Crippen molar-refractivity contribution < 1.29 is 29.4 Å². The highest BCUT2D eigenvalue weighted by Gasteiger charge is 2.34. The molecular formula is C20H31N5O6. The first kappa shape index (κ1) is 24.3. The van der Waals surface area contributed by atoms with E-state index >= 15 is 0 Å². The summed E-state index contributed by atoms with van der Waals surface area (Å²) in [6, 6.07) is -0.373. The molecule has 3 rings (SSSR count). The summed E-state index contributed by atoms with van der Waals surface area (Å²) in [6.45, 7) is 0.902.